The Morgan fingerprint density at radius 2 is 1.78 bits per heavy atom. The van der Waals surface area contributed by atoms with E-state index in [9.17, 15) is 24.3 Å². The summed E-state index contributed by atoms with van der Waals surface area (Å²) in [6.45, 7) is 13.5. The van der Waals surface area contributed by atoms with Gasteiger partial charge in [0.1, 0.15) is 17.7 Å². The minimum absolute atomic E-state index is 0.00873. The van der Waals surface area contributed by atoms with Crippen molar-refractivity contribution in [3.05, 3.63) is 47.5 Å². The standard InChI is InChI=1S/C26H39N3O7/c1-8-15-29(24(33)19(16-30)28-25(34)36-26(5,6)7)22(21-17(3)11-10-12-18(21)4)23(32)27-14-13-20(31)35-9-2/h8,10-12,19,22,30H,1,9,13-16H2,2-7H3,(H,27,32)(H,28,34). The van der Waals surface area contributed by atoms with E-state index >= 15 is 0 Å². The Hall–Kier alpha value is -3.40. The van der Waals surface area contributed by atoms with Crippen LogP contribution in [0.1, 0.15) is 56.8 Å². The van der Waals surface area contributed by atoms with Crippen LogP contribution in [0.5, 0.6) is 0 Å². The third-order valence-corrected chi connectivity index (χ3v) is 5.09. The maximum absolute atomic E-state index is 13.6. The van der Waals surface area contributed by atoms with Gasteiger partial charge in [0.25, 0.3) is 0 Å². The van der Waals surface area contributed by atoms with E-state index in [1.165, 1.54) is 11.0 Å². The number of benzene rings is 1. The van der Waals surface area contributed by atoms with Crippen molar-refractivity contribution in [3.8, 4) is 0 Å². The van der Waals surface area contributed by atoms with Gasteiger partial charge in [0, 0.05) is 13.1 Å². The van der Waals surface area contributed by atoms with Crippen molar-refractivity contribution in [2.45, 2.75) is 65.6 Å². The summed E-state index contributed by atoms with van der Waals surface area (Å²) in [5.74, 6) is -1.68. The molecule has 2 atom stereocenters. The lowest BCUT2D eigenvalue weighted by atomic mass is 9.93. The molecule has 10 heteroatoms. The molecule has 200 valence electrons. The van der Waals surface area contributed by atoms with Gasteiger partial charge in [0.05, 0.1) is 19.6 Å². The molecule has 36 heavy (non-hydrogen) atoms. The van der Waals surface area contributed by atoms with Crippen molar-refractivity contribution in [2.24, 2.45) is 0 Å². The Morgan fingerprint density at radius 3 is 2.28 bits per heavy atom. The molecule has 0 radical (unpaired) electrons. The Bertz CT molecular complexity index is 920. The fourth-order valence-electron chi connectivity index (χ4n) is 3.60. The molecule has 1 aromatic carbocycles. The van der Waals surface area contributed by atoms with Crippen molar-refractivity contribution < 1.29 is 33.8 Å². The monoisotopic (exact) mass is 505 g/mol. The van der Waals surface area contributed by atoms with Gasteiger partial charge in [-0.15, -0.1) is 6.58 Å². The van der Waals surface area contributed by atoms with Crippen LogP contribution in [0.25, 0.3) is 0 Å². The third-order valence-electron chi connectivity index (χ3n) is 5.09. The second-order valence-electron chi connectivity index (χ2n) is 9.21. The maximum atomic E-state index is 13.6. The zero-order valence-corrected chi connectivity index (χ0v) is 22.1. The van der Waals surface area contributed by atoms with Crippen LogP contribution >= 0.6 is 0 Å². The normalized spacial score (nSPS) is 12.6. The highest BCUT2D eigenvalue weighted by Crippen LogP contribution is 2.28. The summed E-state index contributed by atoms with van der Waals surface area (Å²) < 4.78 is 10.1. The average Bonchev–Trinajstić information content (AvgIpc) is 2.77. The van der Waals surface area contributed by atoms with E-state index in [4.69, 9.17) is 9.47 Å². The number of alkyl carbamates (subject to hydrolysis) is 1. The molecule has 3 N–H and O–H groups in total. The lowest BCUT2D eigenvalue weighted by Gasteiger charge is -2.34. The first-order valence-electron chi connectivity index (χ1n) is 11.9. The highest BCUT2D eigenvalue weighted by molar-refractivity contribution is 5.93. The topological polar surface area (TPSA) is 134 Å². The van der Waals surface area contributed by atoms with Crippen LogP contribution in [0.2, 0.25) is 0 Å². The van der Waals surface area contributed by atoms with Crippen molar-refractivity contribution in [2.75, 3.05) is 26.3 Å². The number of nitrogens with zero attached hydrogens (tertiary/aromatic N) is 1. The lowest BCUT2D eigenvalue weighted by molar-refractivity contribution is -0.144. The van der Waals surface area contributed by atoms with E-state index < -0.39 is 48.2 Å². The van der Waals surface area contributed by atoms with E-state index in [0.29, 0.717) is 5.56 Å². The molecule has 3 amide bonds. The maximum Gasteiger partial charge on any atom is 0.408 e. The molecule has 0 aliphatic heterocycles. The summed E-state index contributed by atoms with van der Waals surface area (Å²) >= 11 is 0. The molecule has 0 spiro atoms. The summed E-state index contributed by atoms with van der Waals surface area (Å²) in [4.78, 5) is 52.3. The van der Waals surface area contributed by atoms with Crippen LogP contribution < -0.4 is 10.6 Å². The van der Waals surface area contributed by atoms with E-state index in [2.05, 4.69) is 17.2 Å². The molecule has 1 aromatic rings. The highest BCUT2D eigenvalue weighted by Gasteiger charge is 2.36. The van der Waals surface area contributed by atoms with Crippen LogP contribution in [0.15, 0.2) is 30.9 Å². The molecular weight excluding hydrogens is 466 g/mol. The van der Waals surface area contributed by atoms with Gasteiger partial charge in [-0.05, 0) is 58.2 Å². The molecule has 0 saturated carbocycles. The van der Waals surface area contributed by atoms with Crippen LogP contribution in [0.3, 0.4) is 0 Å². The molecule has 0 aromatic heterocycles. The lowest BCUT2D eigenvalue weighted by Crippen LogP contribution is -2.54. The predicted octanol–water partition coefficient (Wildman–Crippen LogP) is 2.31. The number of carbonyl (C=O) groups is 4. The zero-order chi connectivity index (χ0) is 27.5. The molecule has 2 unspecified atom stereocenters. The summed E-state index contributed by atoms with van der Waals surface area (Å²) in [5.41, 5.74) is 1.31. The van der Waals surface area contributed by atoms with E-state index in [0.717, 1.165) is 11.1 Å². The number of nitrogens with one attached hydrogen (secondary N) is 2. The summed E-state index contributed by atoms with van der Waals surface area (Å²) in [6, 6.07) is 3.00. The molecule has 0 saturated heterocycles. The van der Waals surface area contributed by atoms with Gasteiger partial charge in [-0.2, -0.15) is 0 Å². The Labute approximate surface area is 213 Å². The number of aryl methyl sites for hydroxylation is 2. The number of amides is 3. The molecule has 0 heterocycles. The number of aliphatic hydroxyl groups excluding tert-OH is 1. The van der Waals surface area contributed by atoms with Gasteiger partial charge in [0.15, 0.2) is 0 Å². The number of hydrogen-bond donors (Lipinski definition) is 3. The largest absolute Gasteiger partial charge is 0.466 e. The minimum atomic E-state index is -1.36. The Kier molecular flexibility index (Phi) is 12.1. The van der Waals surface area contributed by atoms with Crippen LogP contribution in [-0.4, -0.2) is 71.8 Å². The first-order chi connectivity index (χ1) is 16.9. The van der Waals surface area contributed by atoms with Gasteiger partial charge in [-0.3, -0.25) is 14.4 Å². The smallest absolute Gasteiger partial charge is 0.408 e. The minimum Gasteiger partial charge on any atom is -0.466 e. The van der Waals surface area contributed by atoms with Crippen LogP contribution in [0, 0.1) is 13.8 Å². The number of hydrogen-bond acceptors (Lipinski definition) is 7. The van der Waals surface area contributed by atoms with Gasteiger partial charge < -0.3 is 30.1 Å². The molecular formula is C26H39N3O7. The number of rotatable bonds is 12. The first kappa shape index (κ1) is 30.6. The SMILES string of the molecule is C=CCN(C(=O)C(CO)NC(=O)OC(C)(C)C)C(C(=O)NCCC(=O)OCC)c1c(C)cccc1C. The van der Waals surface area contributed by atoms with E-state index in [1.54, 1.807) is 27.7 Å². The van der Waals surface area contributed by atoms with Gasteiger partial charge in [-0.25, -0.2) is 4.79 Å². The Morgan fingerprint density at radius 1 is 1.17 bits per heavy atom. The van der Waals surface area contributed by atoms with E-state index in [-0.39, 0.29) is 26.1 Å². The van der Waals surface area contributed by atoms with Crippen molar-refractivity contribution in [1.82, 2.24) is 15.5 Å². The average molecular weight is 506 g/mol. The van der Waals surface area contributed by atoms with Crippen molar-refractivity contribution in [3.63, 3.8) is 0 Å². The molecule has 0 aliphatic carbocycles. The van der Waals surface area contributed by atoms with Gasteiger partial charge >= 0.3 is 12.1 Å². The highest BCUT2D eigenvalue weighted by atomic mass is 16.6. The van der Waals surface area contributed by atoms with E-state index in [1.807, 2.05) is 32.0 Å². The number of esters is 1. The second-order valence-corrected chi connectivity index (χ2v) is 9.21. The molecule has 0 aliphatic rings. The number of carbonyl (C=O) groups excluding carboxylic acids is 4. The molecule has 0 bridgehead atoms. The molecule has 1 rings (SSSR count). The Balaban J connectivity index is 3.36. The van der Waals surface area contributed by atoms with Crippen LogP contribution in [0.4, 0.5) is 4.79 Å². The van der Waals surface area contributed by atoms with Gasteiger partial charge in [0.2, 0.25) is 11.8 Å². The zero-order valence-electron chi connectivity index (χ0n) is 22.1. The van der Waals surface area contributed by atoms with Crippen molar-refractivity contribution in [1.29, 1.82) is 0 Å². The van der Waals surface area contributed by atoms with Gasteiger partial charge in [-0.1, -0.05) is 24.3 Å². The van der Waals surface area contributed by atoms with Crippen LogP contribution in [-0.2, 0) is 23.9 Å². The summed E-state index contributed by atoms with van der Waals surface area (Å²) in [6.07, 6.45) is 0.538. The fourth-order valence-corrected chi connectivity index (χ4v) is 3.60. The molecule has 10 nitrogen and oxygen atoms in total. The summed E-state index contributed by atoms with van der Waals surface area (Å²) in [7, 11) is 0. The second kappa shape index (κ2) is 14.2. The fraction of sp³-hybridized carbons (Fsp3) is 0.538. The quantitative estimate of drug-likeness (QED) is 0.293. The third kappa shape index (κ3) is 9.33. The predicted molar refractivity (Wildman–Crippen MR) is 135 cm³/mol. The first-order valence-corrected chi connectivity index (χ1v) is 11.9. The number of ether oxygens (including phenoxy) is 2. The number of aliphatic hydroxyl groups is 1. The van der Waals surface area contributed by atoms with Crippen molar-refractivity contribution >= 4 is 23.9 Å². The molecule has 0 fully saturated rings. The summed E-state index contributed by atoms with van der Waals surface area (Å²) in [5, 5.41) is 15.0.